The summed E-state index contributed by atoms with van der Waals surface area (Å²) in [6, 6.07) is 33.7. The van der Waals surface area contributed by atoms with Crippen LogP contribution in [-0.2, 0) is 29.2 Å². The van der Waals surface area contributed by atoms with E-state index in [1.807, 2.05) is 97.1 Å². The first-order chi connectivity index (χ1) is 18.6. The number of benzene rings is 4. The number of nitrogens with two attached hydrogens (primary N) is 1. The van der Waals surface area contributed by atoms with Gasteiger partial charge in [0.25, 0.3) is 11.8 Å². The predicted octanol–water partition coefficient (Wildman–Crippen LogP) is 4.77. The summed E-state index contributed by atoms with van der Waals surface area (Å²) in [6.07, 6.45) is 0. The van der Waals surface area contributed by atoms with E-state index in [0.717, 1.165) is 16.7 Å². The Hall–Kier alpha value is -4.62. The van der Waals surface area contributed by atoms with Crippen LogP contribution in [0.4, 0.5) is 5.69 Å². The highest BCUT2D eigenvalue weighted by Crippen LogP contribution is 2.20. The van der Waals surface area contributed by atoms with Crippen molar-refractivity contribution in [3.05, 3.63) is 126 Å². The minimum atomic E-state index is -0.290. The molecule has 0 unspecified atom stereocenters. The van der Waals surface area contributed by atoms with Crippen LogP contribution in [0.15, 0.2) is 109 Å². The first-order valence-electron chi connectivity index (χ1n) is 12.4. The van der Waals surface area contributed by atoms with E-state index >= 15 is 0 Å². The van der Waals surface area contributed by atoms with Gasteiger partial charge in [-0.15, -0.1) is 0 Å². The van der Waals surface area contributed by atoms with Gasteiger partial charge in [0.2, 0.25) is 0 Å². The van der Waals surface area contributed by atoms with Crippen molar-refractivity contribution in [3.63, 3.8) is 0 Å². The van der Waals surface area contributed by atoms with Crippen LogP contribution in [0.2, 0.25) is 0 Å². The zero-order valence-electron chi connectivity index (χ0n) is 21.1. The molecule has 0 atom stereocenters. The van der Waals surface area contributed by atoms with Crippen molar-refractivity contribution >= 4 is 17.5 Å². The van der Waals surface area contributed by atoms with Crippen molar-refractivity contribution in [1.29, 1.82) is 0 Å². The van der Waals surface area contributed by atoms with E-state index in [-0.39, 0.29) is 31.6 Å². The maximum absolute atomic E-state index is 13.3. The van der Waals surface area contributed by atoms with Crippen LogP contribution in [0.3, 0.4) is 0 Å². The van der Waals surface area contributed by atoms with Crippen molar-refractivity contribution in [2.45, 2.75) is 19.6 Å². The largest absolute Gasteiger partial charge is 0.484 e. The number of ether oxygens (including phenoxy) is 2. The molecular formula is C31H31N3O4. The fourth-order valence-corrected chi connectivity index (χ4v) is 3.90. The number of para-hydroxylation sites is 3. The average molecular weight is 510 g/mol. The third-order valence-electron chi connectivity index (χ3n) is 5.82. The Morgan fingerprint density at radius 2 is 1.29 bits per heavy atom. The second kappa shape index (κ2) is 13.6. The Labute approximate surface area is 222 Å². The molecule has 0 aliphatic heterocycles. The summed E-state index contributed by atoms with van der Waals surface area (Å²) in [4.78, 5) is 27.7. The van der Waals surface area contributed by atoms with Crippen LogP contribution in [0.5, 0.6) is 11.5 Å². The molecule has 38 heavy (non-hydrogen) atoms. The molecule has 0 aromatic heterocycles. The smallest absolute Gasteiger partial charge is 0.262 e. The minimum absolute atomic E-state index is 0.111. The number of rotatable bonds is 12. The molecule has 0 fully saturated rings. The van der Waals surface area contributed by atoms with Crippen molar-refractivity contribution in [2.24, 2.45) is 5.73 Å². The third kappa shape index (κ3) is 7.94. The standard InChI is InChI=1S/C31H31N3O4/c32-19-24-10-9-11-25(18-24)20-34(31(36)23-38-28-15-5-2-6-16-28)21-26-12-7-8-17-29(26)33-30(35)22-37-27-13-3-1-4-14-27/h1-18H,19-23,32H2,(H,33,35). The Bertz CT molecular complexity index is 1330. The maximum Gasteiger partial charge on any atom is 0.262 e. The second-order valence-electron chi connectivity index (χ2n) is 8.68. The Morgan fingerprint density at radius 3 is 1.97 bits per heavy atom. The molecule has 3 N–H and O–H groups in total. The lowest BCUT2D eigenvalue weighted by atomic mass is 10.1. The first kappa shape index (κ1) is 26.4. The topological polar surface area (TPSA) is 93.9 Å². The minimum Gasteiger partial charge on any atom is -0.484 e. The van der Waals surface area contributed by atoms with Crippen LogP contribution in [0.25, 0.3) is 0 Å². The van der Waals surface area contributed by atoms with Gasteiger partial charge in [0.15, 0.2) is 13.2 Å². The quantitative estimate of drug-likeness (QED) is 0.287. The molecule has 4 rings (SSSR count). The molecule has 0 aliphatic carbocycles. The number of carbonyl (C=O) groups excluding carboxylic acids is 2. The highest BCUT2D eigenvalue weighted by Gasteiger charge is 2.18. The number of hydrogen-bond acceptors (Lipinski definition) is 5. The van der Waals surface area contributed by atoms with Gasteiger partial charge < -0.3 is 25.4 Å². The van der Waals surface area contributed by atoms with Crippen molar-refractivity contribution in [1.82, 2.24) is 4.90 Å². The summed E-state index contributed by atoms with van der Waals surface area (Å²) in [7, 11) is 0. The van der Waals surface area contributed by atoms with Crippen molar-refractivity contribution in [3.8, 4) is 11.5 Å². The highest BCUT2D eigenvalue weighted by atomic mass is 16.5. The normalized spacial score (nSPS) is 10.4. The fourth-order valence-electron chi connectivity index (χ4n) is 3.90. The zero-order valence-corrected chi connectivity index (χ0v) is 21.1. The number of nitrogens with one attached hydrogen (secondary N) is 1. The van der Waals surface area contributed by atoms with E-state index in [1.54, 1.807) is 17.0 Å². The van der Waals surface area contributed by atoms with Gasteiger partial charge in [-0.1, -0.05) is 78.9 Å². The summed E-state index contributed by atoms with van der Waals surface area (Å²) in [5.74, 6) is 0.769. The van der Waals surface area contributed by atoms with Crippen LogP contribution in [0, 0.1) is 0 Å². The molecular weight excluding hydrogens is 478 g/mol. The molecule has 7 heteroatoms. The van der Waals surface area contributed by atoms with Crippen LogP contribution >= 0.6 is 0 Å². The van der Waals surface area contributed by atoms with Gasteiger partial charge in [0, 0.05) is 25.3 Å². The van der Waals surface area contributed by atoms with Crippen LogP contribution in [-0.4, -0.2) is 29.9 Å². The van der Waals surface area contributed by atoms with Crippen LogP contribution in [0.1, 0.15) is 16.7 Å². The Morgan fingerprint density at radius 1 is 0.684 bits per heavy atom. The van der Waals surface area contributed by atoms with Crippen molar-refractivity contribution < 1.29 is 19.1 Å². The van der Waals surface area contributed by atoms with E-state index < -0.39 is 0 Å². The monoisotopic (exact) mass is 509 g/mol. The van der Waals surface area contributed by atoms with Gasteiger partial charge in [0.1, 0.15) is 11.5 Å². The molecule has 4 aromatic carbocycles. The summed E-state index contributed by atoms with van der Waals surface area (Å²) < 4.78 is 11.3. The lowest BCUT2D eigenvalue weighted by Gasteiger charge is -2.25. The van der Waals surface area contributed by atoms with E-state index in [1.165, 1.54) is 0 Å². The van der Waals surface area contributed by atoms with Gasteiger partial charge >= 0.3 is 0 Å². The highest BCUT2D eigenvalue weighted by molar-refractivity contribution is 5.92. The number of carbonyl (C=O) groups is 2. The number of nitrogens with zero attached hydrogens (tertiary/aromatic N) is 1. The molecule has 0 aliphatic rings. The summed E-state index contributed by atoms with van der Waals surface area (Å²) in [6.45, 7) is 0.820. The molecule has 0 heterocycles. The number of hydrogen-bond donors (Lipinski definition) is 2. The van der Waals surface area contributed by atoms with Gasteiger partial charge in [0.05, 0.1) is 0 Å². The van der Waals surface area contributed by atoms with Gasteiger partial charge in [-0.25, -0.2) is 0 Å². The summed E-state index contributed by atoms with van der Waals surface area (Å²) in [5.41, 5.74) is 9.18. The maximum atomic E-state index is 13.3. The van der Waals surface area contributed by atoms with E-state index in [9.17, 15) is 9.59 Å². The van der Waals surface area contributed by atoms with Crippen LogP contribution < -0.4 is 20.5 Å². The fraction of sp³-hybridized carbons (Fsp3) is 0.161. The summed E-state index contributed by atoms with van der Waals surface area (Å²) >= 11 is 0. The number of anilines is 1. The number of amides is 2. The molecule has 0 spiro atoms. The van der Waals surface area contributed by atoms with Gasteiger partial charge in [-0.05, 0) is 47.0 Å². The Balaban J connectivity index is 1.48. The molecule has 194 valence electrons. The Kier molecular flexibility index (Phi) is 9.48. The van der Waals surface area contributed by atoms with Gasteiger partial charge in [-0.3, -0.25) is 9.59 Å². The van der Waals surface area contributed by atoms with Gasteiger partial charge in [-0.2, -0.15) is 0 Å². The van der Waals surface area contributed by atoms with E-state index in [4.69, 9.17) is 15.2 Å². The first-order valence-corrected chi connectivity index (χ1v) is 12.4. The van der Waals surface area contributed by atoms with Crippen molar-refractivity contribution in [2.75, 3.05) is 18.5 Å². The van der Waals surface area contributed by atoms with E-state index in [2.05, 4.69) is 5.32 Å². The molecule has 0 saturated heterocycles. The predicted molar refractivity (Wildman–Crippen MR) is 148 cm³/mol. The SMILES string of the molecule is NCc1cccc(CN(Cc2ccccc2NC(=O)COc2ccccc2)C(=O)COc2ccccc2)c1. The lowest BCUT2D eigenvalue weighted by molar-refractivity contribution is -0.134. The lowest BCUT2D eigenvalue weighted by Crippen LogP contribution is -2.34. The zero-order chi connectivity index (χ0) is 26.6. The summed E-state index contributed by atoms with van der Waals surface area (Å²) in [5, 5.41) is 2.92. The average Bonchev–Trinajstić information content (AvgIpc) is 2.96. The van der Waals surface area contributed by atoms with E-state index in [0.29, 0.717) is 30.3 Å². The second-order valence-corrected chi connectivity index (χ2v) is 8.68. The molecule has 2 amide bonds. The molecule has 4 aromatic rings. The molecule has 0 radical (unpaired) electrons. The molecule has 0 saturated carbocycles. The molecule has 7 nitrogen and oxygen atoms in total. The molecule has 0 bridgehead atoms. The third-order valence-corrected chi connectivity index (χ3v) is 5.82.